The third-order valence-electron chi connectivity index (χ3n) is 11.2. The maximum absolute atomic E-state index is 6.85. The zero-order valence-electron chi connectivity index (χ0n) is 32.9. The largest absolute Gasteiger partial charge is 0.457 e. The van der Waals surface area contributed by atoms with Crippen LogP contribution in [0.4, 0.5) is 0 Å². The minimum Gasteiger partial charge on any atom is -0.457 e. The van der Waals surface area contributed by atoms with E-state index >= 15 is 0 Å². The number of nitrogens with zero attached hydrogens (tertiary/aromatic N) is 4. The van der Waals surface area contributed by atoms with Gasteiger partial charge in [0.2, 0.25) is 0 Å². The Morgan fingerprint density at radius 2 is 1.63 bits per heavy atom. The monoisotopic (exact) mass is 692 g/mol. The Bertz CT molecular complexity index is 2270. The molecule has 3 heterocycles. The highest BCUT2D eigenvalue weighted by Crippen LogP contribution is 2.43. The van der Waals surface area contributed by atoms with Crippen LogP contribution in [0.15, 0.2) is 90.6 Å². The van der Waals surface area contributed by atoms with Gasteiger partial charge in [-0.15, -0.1) is 0 Å². The van der Waals surface area contributed by atoms with E-state index in [1.807, 2.05) is 6.20 Å². The molecule has 270 valence electrons. The van der Waals surface area contributed by atoms with E-state index in [0.717, 1.165) is 52.6 Å². The van der Waals surface area contributed by atoms with Crippen LogP contribution in [0.5, 0.6) is 11.5 Å². The fraction of sp³-hybridized carbons (Fsp3) is 0.404. The third-order valence-corrected chi connectivity index (χ3v) is 11.2. The summed E-state index contributed by atoms with van der Waals surface area (Å²) in [6.45, 7) is 22.8. The summed E-state index contributed by atoms with van der Waals surface area (Å²) in [5.41, 5.74) is 11.2. The molecule has 0 saturated heterocycles. The Balaban J connectivity index is 1.34. The summed E-state index contributed by atoms with van der Waals surface area (Å²) in [6, 6.07) is 26.1. The minimum absolute atomic E-state index is 0.0105. The molecule has 0 fully saturated rings. The van der Waals surface area contributed by atoms with Gasteiger partial charge in [0.1, 0.15) is 17.3 Å². The van der Waals surface area contributed by atoms with Crippen LogP contribution in [0.3, 0.4) is 0 Å². The molecular weight excluding hydrogens is 637 g/mol. The Kier molecular flexibility index (Phi) is 9.67. The van der Waals surface area contributed by atoms with Gasteiger partial charge in [-0.1, -0.05) is 85.2 Å². The summed E-state index contributed by atoms with van der Waals surface area (Å²) >= 11 is 0. The molecule has 0 aliphatic heterocycles. The van der Waals surface area contributed by atoms with E-state index in [1.54, 1.807) is 0 Å². The maximum atomic E-state index is 6.85. The number of allylic oxidation sites excluding steroid dienone is 2. The Hall–Kier alpha value is -4.64. The second-order valence-electron chi connectivity index (χ2n) is 17.0. The molecule has 52 heavy (non-hydrogen) atoms. The predicted molar refractivity (Wildman–Crippen MR) is 218 cm³/mol. The SMILES string of the molecule is CC1=CCCC(C)[C@H]1c1c(C)nn(-c2cc(Oc3ccc4c5ccccc5n(-c5cc(C(C)(C)C)ccn5)c4c3)cc(C(C)C)c2)c1CCC(C)C. The lowest BCUT2D eigenvalue weighted by Crippen LogP contribution is -2.18. The predicted octanol–water partition coefficient (Wildman–Crippen LogP) is 12.9. The first kappa shape index (κ1) is 35.7. The summed E-state index contributed by atoms with van der Waals surface area (Å²) in [4.78, 5) is 4.88. The van der Waals surface area contributed by atoms with Crippen molar-refractivity contribution in [2.75, 3.05) is 0 Å². The number of pyridine rings is 1. The molecule has 2 atom stereocenters. The van der Waals surface area contributed by atoms with Gasteiger partial charge in [-0.3, -0.25) is 4.57 Å². The van der Waals surface area contributed by atoms with Gasteiger partial charge in [-0.05, 0) is 116 Å². The molecule has 0 spiro atoms. The lowest BCUT2D eigenvalue weighted by molar-refractivity contribution is 0.445. The van der Waals surface area contributed by atoms with Gasteiger partial charge in [0, 0.05) is 46.3 Å². The topological polar surface area (TPSA) is 44.9 Å². The fourth-order valence-electron chi connectivity index (χ4n) is 8.22. The molecule has 0 radical (unpaired) electrons. The van der Waals surface area contributed by atoms with Crippen molar-refractivity contribution in [3.05, 3.63) is 119 Å². The van der Waals surface area contributed by atoms with Gasteiger partial charge < -0.3 is 4.74 Å². The van der Waals surface area contributed by atoms with Crippen molar-refractivity contribution in [3.8, 4) is 23.0 Å². The second-order valence-corrected chi connectivity index (χ2v) is 17.0. The Morgan fingerprint density at radius 3 is 2.37 bits per heavy atom. The number of benzene rings is 3. The first-order valence-corrected chi connectivity index (χ1v) is 19.4. The van der Waals surface area contributed by atoms with Crippen LogP contribution in [-0.2, 0) is 11.8 Å². The van der Waals surface area contributed by atoms with E-state index < -0.39 is 0 Å². The van der Waals surface area contributed by atoms with Crippen molar-refractivity contribution in [1.82, 2.24) is 19.3 Å². The van der Waals surface area contributed by atoms with Crippen LogP contribution >= 0.6 is 0 Å². The van der Waals surface area contributed by atoms with Gasteiger partial charge in [0.25, 0.3) is 0 Å². The molecular formula is C47H56N4O. The van der Waals surface area contributed by atoms with Crippen molar-refractivity contribution in [1.29, 1.82) is 0 Å². The molecule has 0 saturated carbocycles. The number of hydrogen-bond donors (Lipinski definition) is 0. The number of ether oxygens (including phenoxy) is 1. The van der Waals surface area contributed by atoms with Crippen LogP contribution in [-0.4, -0.2) is 19.3 Å². The number of rotatable bonds is 9. The molecule has 5 nitrogen and oxygen atoms in total. The highest BCUT2D eigenvalue weighted by Gasteiger charge is 2.31. The van der Waals surface area contributed by atoms with E-state index in [1.165, 1.54) is 51.6 Å². The smallest absolute Gasteiger partial charge is 0.137 e. The average Bonchev–Trinajstić information content (AvgIpc) is 3.60. The van der Waals surface area contributed by atoms with Gasteiger partial charge in [-0.2, -0.15) is 5.10 Å². The van der Waals surface area contributed by atoms with Crippen LogP contribution < -0.4 is 4.74 Å². The summed E-state index contributed by atoms with van der Waals surface area (Å²) in [7, 11) is 0. The molecule has 0 N–H and O–H groups in total. The quantitative estimate of drug-likeness (QED) is 0.142. The van der Waals surface area contributed by atoms with E-state index in [9.17, 15) is 0 Å². The van der Waals surface area contributed by atoms with E-state index in [2.05, 4.69) is 157 Å². The van der Waals surface area contributed by atoms with E-state index in [-0.39, 0.29) is 5.41 Å². The first-order chi connectivity index (χ1) is 24.8. The zero-order valence-corrected chi connectivity index (χ0v) is 32.9. The van der Waals surface area contributed by atoms with Gasteiger partial charge in [0.15, 0.2) is 0 Å². The van der Waals surface area contributed by atoms with Crippen LogP contribution in [0.2, 0.25) is 0 Å². The zero-order chi connectivity index (χ0) is 36.9. The number of fused-ring (bicyclic) bond motifs is 3. The summed E-state index contributed by atoms with van der Waals surface area (Å²) in [6.07, 6.45) is 8.89. The summed E-state index contributed by atoms with van der Waals surface area (Å²) < 4.78 is 11.4. The molecule has 6 aromatic rings. The molecule has 0 bridgehead atoms. The molecule has 1 aliphatic carbocycles. The minimum atomic E-state index is 0.0105. The third kappa shape index (κ3) is 6.83. The molecule has 5 heteroatoms. The molecule has 1 aliphatic rings. The van der Waals surface area contributed by atoms with Crippen molar-refractivity contribution in [2.45, 2.75) is 112 Å². The highest BCUT2D eigenvalue weighted by atomic mass is 16.5. The second kappa shape index (κ2) is 14.1. The maximum Gasteiger partial charge on any atom is 0.137 e. The number of aryl methyl sites for hydroxylation is 1. The molecule has 7 rings (SSSR count). The van der Waals surface area contributed by atoms with Crippen molar-refractivity contribution in [3.63, 3.8) is 0 Å². The number of aromatic nitrogens is 4. The van der Waals surface area contributed by atoms with Crippen LogP contribution in [0.1, 0.15) is 121 Å². The molecule has 1 unspecified atom stereocenters. The van der Waals surface area contributed by atoms with Crippen LogP contribution in [0, 0.1) is 18.8 Å². The average molecular weight is 693 g/mol. The van der Waals surface area contributed by atoms with E-state index in [4.69, 9.17) is 14.8 Å². The Labute approximate surface area is 310 Å². The molecule has 3 aromatic heterocycles. The molecule has 0 amide bonds. The first-order valence-electron chi connectivity index (χ1n) is 19.4. The lowest BCUT2D eigenvalue weighted by Gasteiger charge is -2.30. The van der Waals surface area contributed by atoms with Gasteiger partial charge >= 0.3 is 0 Å². The van der Waals surface area contributed by atoms with Gasteiger partial charge in [-0.25, -0.2) is 9.67 Å². The Morgan fingerprint density at radius 1 is 0.865 bits per heavy atom. The summed E-state index contributed by atoms with van der Waals surface area (Å²) in [5.74, 6) is 4.47. The number of hydrogen-bond acceptors (Lipinski definition) is 3. The standard InChI is InChI=1S/C47H56N4O/c1-29(2)18-21-42-46(45-31(5)14-13-15-32(45)6)33(7)49-51(42)36-24-34(30(3)4)25-38(27-36)52-37-19-20-40-39-16-11-12-17-41(39)50(43(40)28-37)44-26-35(22-23-48-44)47(8,9)10/h11-12,14,16-17,19-20,22-30,32,45H,13,15,18,21H2,1-10H3/t32?,45-/m0/s1. The molecule has 3 aromatic carbocycles. The summed E-state index contributed by atoms with van der Waals surface area (Å²) in [5, 5.41) is 7.69. The van der Waals surface area contributed by atoms with Crippen LogP contribution in [0.25, 0.3) is 33.3 Å². The fourth-order valence-corrected chi connectivity index (χ4v) is 8.22. The van der Waals surface area contributed by atoms with Crippen molar-refractivity contribution < 1.29 is 4.74 Å². The lowest BCUT2D eigenvalue weighted by atomic mass is 9.75. The van der Waals surface area contributed by atoms with Crippen molar-refractivity contribution >= 4 is 21.8 Å². The highest BCUT2D eigenvalue weighted by molar-refractivity contribution is 6.09. The van der Waals surface area contributed by atoms with Gasteiger partial charge in [0.05, 0.1) is 22.4 Å². The van der Waals surface area contributed by atoms with Crippen molar-refractivity contribution in [2.24, 2.45) is 11.8 Å². The number of para-hydroxylation sites is 1. The normalized spacial score (nSPS) is 16.7. The van der Waals surface area contributed by atoms with E-state index in [0.29, 0.717) is 23.7 Å².